The van der Waals surface area contributed by atoms with Crippen LogP contribution in [0.25, 0.3) is 0 Å². The Hall–Kier alpha value is -2.53. The third kappa shape index (κ3) is 4.25. The fraction of sp³-hybridized carbons (Fsp3) is 0.294. The standard InChI is InChI=1S/C17H15ClF3N3O4S/c1-16(2)15(25)24(11-6-7-13(17(19,20)21)22-14(11)18)10-5-4-9(8-12(10)28-16)23-29(3,26)27/h4-8,23H,1-3H3. The fourth-order valence-electron chi connectivity index (χ4n) is 2.75. The van der Waals surface area contributed by atoms with E-state index in [9.17, 15) is 26.4 Å². The Morgan fingerprint density at radius 3 is 2.34 bits per heavy atom. The molecule has 7 nitrogen and oxygen atoms in total. The number of hydrogen-bond acceptors (Lipinski definition) is 5. The lowest BCUT2D eigenvalue weighted by molar-refractivity contribution is -0.141. The van der Waals surface area contributed by atoms with E-state index in [1.807, 2.05) is 0 Å². The van der Waals surface area contributed by atoms with Gasteiger partial charge in [-0.15, -0.1) is 0 Å². The minimum Gasteiger partial charge on any atom is -0.476 e. The van der Waals surface area contributed by atoms with Gasteiger partial charge in [0.1, 0.15) is 11.4 Å². The van der Waals surface area contributed by atoms with Gasteiger partial charge in [0.25, 0.3) is 5.91 Å². The highest BCUT2D eigenvalue weighted by Gasteiger charge is 2.43. The number of aromatic nitrogens is 1. The van der Waals surface area contributed by atoms with Gasteiger partial charge in [-0.25, -0.2) is 13.4 Å². The highest BCUT2D eigenvalue weighted by molar-refractivity contribution is 7.92. The molecule has 0 bridgehead atoms. The molecule has 1 N–H and O–H groups in total. The van der Waals surface area contributed by atoms with Crippen molar-refractivity contribution in [1.82, 2.24) is 4.98 Å². The number of amides is 1. The van der Waals surface area contributed by atoms with Crippen LogP contribution in [0.3, 0.4) is 0 Å². The van der Waals surface area contributed by atoms with E-state index >= 15 is 0 Å². The third-order valence-corrected chi connectivity index (χ3v) is 4.83. The quantitative estimate of drug-likeness (QED) is 0.716. The maximum atomic E-state index is 12.9. The number of alkyl halides is 3. The molecule has 29 heavy (non-hydrogen) atoms. The number of sulfonamides is 1. The Balaban J connectivity index is 2.14. The van der Waals surface area contributed by atoms with Crippen LogP contribution in [0.4, 0.5) is 30.2 Å². The molecule has 0 saturated carbocycles. The SMILES string of the molecule is CC1(C)Oc2cc(NS(C)(=O)=O)ccc2N(c2ccc(C(F)(F)F)nc2Cl)C1=O. The van der Waals surface area contributed by atoms with Crippen molar-refractivity contribution in [3.63, 3.8) is 0 Å². The topological polar surface area (TPSA) is 88.6 Å². The number of benzene rings is 1. The molecule has 0 atom stereocenters. The summed E-state index contributed by atoms with van der Waals surface area (Å²) in [6.07, 6.45) is -3.72. The van der Waals surface area contributed by atoms with Gasteiger partial charge in [0.2, 0.25) is 10.0 Å². The molecule has 1 amide bonds. The Kier molecular flexibility index (Phi) is 4.94. The second-order valence-corrected chi connectivity index (χ2v) is 8.92. The number of nitrogens with zero attached hydrogens (tertiary/aromatic N) is 2. The molecule has 12 heteroatoms. The minimum atomic E-state index is -4.69. The van der Waals surface area contributed by atoms with Crippen molar-refractivity contribution in [2.24, 2.45) is 0 Å². The van der Waals surface area contributed by atoms with Crippen LogP contribution in [0.15, 0.2) is 30.3 Å². The van der Waals surface area contributed by atoms with Gasteiger partial charge in [0, 0.05) is 6.07 Å². The van der Waals surface area contributed by atoms with E-state index in [0.717, 1.165) is 23.3 Å². The van der Waals surface area contributed by atoms with Gasteiger partial charge in [0.05, 0.1) is 23.3 Å². The monoisotopic (exact) mass is 449 g/mol. The van der Waals surface area contributed by atoms with Crippen molar-refractivity contribution in [1.29, 1.82) is 0 Å². The number of pyridine rings is 1. The first-order chi connectivity index (χ1) is 13.2. The van der Waals surface area contributed by atoms with Crippen LogP contribution in [0.5, 0.6) is 5.75 Å². The maximum Gasteiger partial charge on any atom is 0.433 e. The zero-order valence-electron chi connectivity index (χ0n) is 15.3. The molecular formula is C17H15ClF3N3O4S. The summed E-state index contributed by atoms with van der Waals surface area (Å²) >= 11 is 5.97. The molecule has 0 aliphatic carbocycles. The molecule has 0 spiro atoms. The first kappa shape index (κ1) is 21.2. The minimum absolute atomic E-state index is 0.0638. The highest BCUT2D eigenvalue weighted by Crippen LogP contribution is 2.45. The highest BCUT2D eigenvalue weighted by atomic mass is 35.5. The second-order valence-electron chi connectivity index (χ2n) is 6.81. The van der Waals surface area contributed by atoms with Crippen molar-refractivity contribution in [3.05, 3.63) is 41.2 Å². The molecule has 2 heterocycles. The van der Waals surface area contributed by atoms with Crippen LogP contribution in [-0.4, -0.2) is 31.2 Å². The molecule has 1 aliphatic heterocycles. The van der Waals surface area contributed by atoms with Crippen molar-refractivity contribution in [3.8, 4) is 5.75 Å². The van der Waals surface area contributed by atoms with E-state index in [2.05, 4.69) is 9.71 Å². The smallest absolute Gasteiger partial charge is 0.433 e. The number of ether oxygens (including phenoxy) is 1. The molecule has 1 aromatic carbocycles. The van der Waals surface area contributed by atoms with Gasteiger partial charge in [-0.1, -0.05) is 11.6 Å². The van der Waals surface area contributed by atoms with E-state index in [1.165, 1.54) is 32.0 Å². The van der Waals surface area contributed by atoms with E-state index in [4.69, 9.17) is 16.3 Å². The van der Waals surface area contributed by atoms with Crippen LogP contribution in [-0.2, 0) is 21.0 Å². The average molecular weight is 450 g/mol. The number of carbonyl (C=O) groups is 1. The molecule has 1 aromatic heterocycles. The van der Waals surface area contributed by atoms with Crippen LogP contribution < -0.4 is 14.4 Å². The van der Waals surface area contributed by atoms with Crippen LogP contribution >= 0.6 is 11.6 Å². The Bertz CT molecular complexity index is 1100. The van der Waals surface area contributed by atoms with Crippen molar-refractivity contribution >= 4 is 44.6 Å². The van der Waals surface area contributed by atoms with Gasteiger partial charge in [-0.2, -0.15) is 13.2 Å². The summed E-state index contributed by atoms with van der Waals surface area (Å²) in [6.45, 7) is 2.93. The Morgan fingerprint density at radius 2 is 1.79 bits per heavy atom. The van der Waals surface area contributed by atoms with Crippen LogP contribution in [0.2, 0.25) is 5.15 Å². The molecule has 0 saturated heterocycles. The zero-order valence-corrected chi connectivity index (χ0v) is 16.9. The zero-order chi connectivity index (χ0) is 21.8. The predicted molar refractivity (Wildman–Crippen MR) is 101 cm³/mol. The van der Waals surface area contributed by atoms with Crippen molar-refractivity contribution in [2.75, 3.05) is 15.9 Å². The number of fused-ring (bicyclic) bond motifs is 1. The molecule has 0 radical (unpaired) electrons. The summed E-state index contributed by atoms with van der Waals surface area (Å²) in [5, 5.41) is -0.518. The summed E-state index contributed by atoms with van der Waals surface area (Å²) in [7, 11) is -3.56. The number of nitrogens with one attached hydrogen (secondary N) is 1. The Labute approximate surface area is 169 Å². The van der Waals surface area contributed by atoms with Gasteiger partial charge in [-0.05, 0) is 38.1 Å². The number of anilines is 3. The third-order valence-electron chi connectivity index (χ3n) is 3.95. The first-order valence-electron chi connectivity index (χ1n) is 8.08. The summed E-state index contributed by atoms with van der Waals surface area (Å²) in [5.74, 6) is -0.448. The van der Waals surface area contributed by atoms with E-state index < -0.39 is 38.6 Å². The lowest BCUT2D eigenvalue weighted by atomic mass is 10.0. The van der Waals surface area contributed by atoms with Gasteiger partial charge >= 0.3 is 6.18 Å². The summed E-state index contributed by atoms with van der Waals surface area (Å²) in [6, 6.07) is 5.90. The normalized spacial score (nSPS) is 16.2. The lowest BCUT2D eigenvalue weighted by Crippen LogP contribution is -2.50. The lowest BCUT2D eigenvalue weighted by Gasteiger charge is -2.39. The fourth-order valence-corrected chi connectivity index (χ4v) is 3.54. The van der Waals surface area contributed by atoms with Crippen molar-refractivity contribution < 1.29 is 31.1 Å². The Morgan fingerprint density at radius 1 is 1.17 bits per heavy atom. The van der Waals surface area contributed by atoms with Crippen LogP contribution in [0.1, 0.15) is 19.5 Å². The summed E-state index contributed by atoms with van der Waals surface area (Å²) in [5.41, 5.74) is -2.29. The predicted octanol–water partition coefficient (Wildman–Crippen LogP) is 3.96. The van der Waals surface area contributed by atoms with E-state index in [0.29, 0.717) is 0 Å². The molecule has 0 fully saturated rings. The number of rotatable bonds is 3. The maximum absolute atomic E-state index is 12.9. The number of halogens is 4. The van der Waals surface area contributed by atoms with Crippen LogP contribution in [0, 0.1) is 0 Å². The van der Waals surface area contributed by atoms with Crippen molar-refractivity contribution in [2.45, 2.75) is 25.6 Å². The molecule has 1 aliphatic rings. The molecule has 2 aromatic rings. The largest absolute Gasteiger partial charge is 0.476 e. The number of hydrogen-bond donors (Lipinski definition) is 1. The molecule has 0 unspecified atom stereocenters. The molecular weight excluding hydrogens is 435 g/mol. The summed E-state index contributed by atoms with van der Waals surface area (Å²) in [4.78, 5) is 17.4. The van der Waals surface area contributed by atoms with E-state index in [-0.39, 0.29) is 22.8 Å². The average Bonchev–Trinajstić information content (AvgIpc) is 2.54. The van der Waals surface area contributed by atoms with Gasteiger partial charge < -0.3 is 4.74 Å². The van der Waals surface area contributed by atoms with Gasteiger partial charge in [-0.3, -0.25) is 14.4 Å². The number of carbonyl (C=O) groups excluding carboxylic acids is 1. The summed E-state index contributed by atoms with van der Waals surface area (Å²) < 4.78 is 69.5. The van der Waals surface area contributed by atoms with E-state index in [1.54, 1.807) is 0 Å². The molecule has 3 rings (SSSR count). The second kappa shape index (κ2) is 6.77. The molecule has 156 valence electrons. The van der Waals surface area contributed by atoms with Gasteiger partial charge in [0.15, 0.2) is 10.8 Å². The first-order valence-corrected chi connectivity index (χ1v) is 10.4.